The number of nitrogens with one attached hydrogen (secondary N) is 1. The minimum Gasteiger partial charge on any atom is -0.444 e. The largest absolute Gasteiger partial charge is 0.444 e. The van der Waals surface area contributed by atoms with Crippen molar-refractivity contribution in [3.63, 3.8) is 0 Å². The summed E-state index contributed by atoms with van der Waals surface area (Å²) in [5.41, 5.74) is -0.676. The molecule has 0 radical (unpaired) electrons. The molecule has 0 spiro atoms. The van der Waals surface area contributed by atoms with Crippen molar-refractivity contribution >= 4 is 12.0 Å². The van der Waals surface area contributed by atoms with E-state index in [1.165, 1.54) is 0 Å². The first kappa shape index (κ1) is 21.6. The van der Waals surface area contributed by atoms with E-state index in [-0.39, 0.29) is 24.1 Å². The van der Waals surface area contributed by atoms with Crippen molar-refractivity contribution in [3.05, 3.63) is 30.1 Å². The molecule has 29 heavy (non-hydrogen) atoms. The Morgan fingerprint density at radius 2 is 2.03 bits per heavy atom. The highest BCUT2D eigenvalue weighted by Gasteiger charge is 2.55. The van der Waals surface area contributed by atoms with E-state index in [4.69, 9.17) is 4.74 Å². The highest BCUT2D eigenvalue weighted by atomic mass is 16.6. The zero-order chi connectivity index (χ0) is 21.2. The molecule has 2 N–H and O–H groups in total. The van der Waals surface area contributed by atoms with Gasteiger partial charge in [-0.1, -0.05) is 25.8 Å². The minimum absolute atomic E-state index is 0.105. The molecule has 2 aliphatic rings. The smallest absolute Gasteiger partial charge is 0.410 e. The molecule has 2 heterocycles. The van der Waals surface area contributed by atoms with Crippen LogP contribution in [0.1, 0.15) is 70.3 Å². The third-order valence-electron chi connectivity index (χ3n) is 6.13. The van der Waals surface area contributed by atoms with E-state index >= 15 is 0 Å². The van der Waals surface area contributed by atoms with Gasteiger partial charge in [0.25, 0.3) is 5.91 Å². The Bertz CT molecular complexity index is 733. The number of pyridine rings is 1. The van der Waals surface area contributed by atoms with Crippen LogP contribution >= 0.6 is 0 Å². The van der Waals surface area contributed by atoms with Gasteiger partial charge in [-0.3, -0.25) is 14.7 Å². The van der Waals surface area contributed by atoms with Crippen LogP contribution in [0.3, 0.4) is 0 Å². The lowest BCUT2D eigenvalue weighted by Crippen LogP contribution is -2.50. The molecule has 3 rings (SSSR count). The predicted molar refractivity (Wildman–Crippen MR) is 109 cm³/mol. The summed E-state index contributed by atoms with van der Waals surface area (Å²) in [6, 6.07) is 4.84. The van der Waals surface area contributed by atoms with Crippen molar-refractivity contribution in [2.24, 2.45) is 5.41 Å². The highest BCUT2D eigenvalue weighted by Crippen LogP contribution is 2.48. The molecule has 160 valence electrons. The maximum absolute atomic E-state index is 13.1. The summed E-state index contributed by atoms with van der Waals surface area (Å²) < 4.78 is 5.69. The second-order valence-electron chi connectivity index (χ2n) is 9.49. The molecule has 0 aromatic carbocycles. The number of aromatic nitrogens is 1. The van der Waals surface area contributed by atoms with Crippen molar-refractivity contribution < 1.29 is 19.4 Å². The Kier molecular flexibility index (Phi) is 6.17. The van der Waals surface area contributed by atoms with E-state index in [1.54, 1.807) is 29.3 Å². The monoisotopic (exact) mass is 403 g/mol. The summed E-state index contributed by atoms with van der Waals surface area (Å²) in [7, 11) is 0. The third-order valence-corrected chi connectivity index (χ3v) is 6.13. The fourth-order valence-corrected chi connectivity index (χ4v) is 4.71. The lowest BCUT2D eigenvalue weighted by molar-refractivity contribution is -0.00901. The van der Waals surface area contributed by atoms with Gasteiger partial charge in [0.05, 0.1) is 12.1 Å². The fraction of sp³-hybridized carbons (Fsp3) is 0.682. The fourth-order valence-electron chi connectivity index (χ4n) is 4.71. The topological polar surface area (TPSA) is 91.8 Å². The second-order valence-corrected chi connectivity index (χ2v) is 9.49. The average Bonchev–Trinajstić information content (AvgIpc) is 2.87. The number of fused-ring (bicyclic) bond motifs is 1. The molecular weight excluding hydrogens is 370 g/mol. The molecule has 7 heteroatoms. The van der Waals surface area contributed by atoms with Crippen LogP contribution in [0.15, 0.2) is 24.4 Å². The van der Waals surface area contributed by atoms with Gasteiger partial charge in [-0.05, 0) is 52.2 Å². The van der Waals surface area contributed by atoms with E-state index in [0.29, 0.717) is 18.7 Å². The van der Waals surface area contributed by atoms with E-state index in [9.17, 15) is 14.7 Å². The zero-order valence-electron chi connectivity index (χ0n) is 17.9. The number of rotatable bonds is 3. The molecular formula is C22H33N3O4. The van der Waals surface area contributed by atoms with E-state index in [0.717, 1.165) is 25.7 Å². The maximum atomic E-state index is 13.1. The van der Waals surface area contributed by atoms with Crippen LogP contribution in [-0.2, 0) is 4.74 Å². The number of hydrogen-bond donors (Lipinski definition) is 2. The Hall–Kier alpha value is -2.15. The summed E-state index contributed by atoms with van der Waals surface area (Å²) in [6.45, 7) is 7.90. The van der Waals surface area contributed by atoms with Crippen LogP contribution in [0.25, 0.3) is 0 Å². The van der Waals surface area contributed by atoms with Crippen molar-refractivity contribution in [2.45, 2.75) is 83.6 Å². The third kappa shape index (κ3) is 4.71. The van der Waals surface area contributed by atoms with Crippen LogP contribution in [0.5, 0.6) is 0 Å². The minimum atomic E-state index is -0.610. The summed E-state index contributed by atoms with van der Waals surface area (Å²) in [4.78, 5) is 31.4. The lowest BCUT2D eigenvalue weighted by atomic mass is 9.75. The number of ether oxygens (including phenoxy) is 1. The number of amides is 2. The summed E-state index contributed by atoms with van der Waals surface area (Å²) in [6.07, 6.45) is 4.83. The number of aliphatic hydroxyl groups excluding tert-OH is 1. The van der Waals surface area contributed by atoms with Crippen LogP contribution in [-0.4, -0.2) is 57.3 Å². The van der Waals surface area contributed by atoms with Gasteiger partial charge >= 0.3 is 6.09 Å². The first-order valence-electron chi connectivity index (χ1n) is 10.5. The second kappa shape index (κ2) is 8.30. The number of carbonyl (C=O) groups is 2. The highest BCUT2D eigenvalue weighted by molar-refractivity contribution is 5.92. The van der Waals surface area contributed by atoms with Crippen LogP contribution in [0, 0.1) is 5.41 Å². The van der Waals surface area contributed by atoms with E-state index in [2.05, 4.69) is 17.2 Å². The number of nitrogens with zero attached hydrogens (tertiary/aromatic N) is 2. The van der Waals surface area contributed by atoms with Crippen LogP contribution < -0.4 is 5.32 Å². The molecule has 2 fully saturated rings. The lowest BCUT2D eigenvalue weighted by Gasteiger charge is -2.37. The van der Waals surface area contributed by atoms with Crippen molar-refractivity contribution in [1.82, 2.24) is 15.2 Å². The first-order chi connectivity index (χ1) is 13.6. The van der Waals surface area contributed by atoms with Gasteiger partial charge in [0.2, 0.25) is 0 Å². The SMILES string of the molecule is CC(C)(C)OC(=O)N1[C@@H](CNC(=O)c2ccccn2)C[C@@]2(C)[C@@H](O)CCCC[C@@H]12. The van der Waals surface area contributed by atoms with Gasteiger partial charge < -0.3 is 15.2 Å². The van der Waals surface area contributed by atoms with Gasteiger partial charge in [-0.2, -0.15) is 0 Å². The molecule has 7 nitrogen and oxygen atoms in total. The molecule has 2 amide bonds. The summed E-state index contributed by atoms with van der Waals surface area (Å²) in [5, 5.41) is 13.8. The number of hydrogen-bond acceptors (Lipinski definition) is 5. The van der Waals surface area contributed by atoms with Crippen molar-refractivity contribution in [1.29, 1.82) is 0 Å². The van der Waals surface area contributed by atoms with Gasteiger partial charge in [0, 0.05) is 24.2 Å². The van der Waals surface area contributed by atoms with Crippen LogP contribution in [0.2, 0.25) is 0 Å². The molecule has 1 aromatic heterocycles. The van der Waals surface area contributed by atoms with E-state index in [1.807, 2.05) is 20.8 Å². The standard InChI is InChI=1S/C22H33N3O4/c1-21(2,3)29-20(28)25-15(14-24-19(27)16-9-7-8-12-23-16)13-22(4)17(25)10-5-6-11-18(22)26/h7-9,12,15,17-18,26H,5-6,10-11,13-14H2,1-4H3,(H,24,27)/t15-,17-,18+,22-/m1/s1. The molecule has 1 aromatic rings. The summed E-state index contributed by atoms with van der Waals surface area (Å²) in [5.74, 6) is -0.271. The molecule has 0 bridgehead atoms. The Balaban J connectivity index is 1.81. The number of aliphatic hydroxyl groups is 1. The van der Waals surface area contributed by atoms with Gasteiger partial charge in [-0.15, -0.1) is 0 Å². The number of likely N-dealkylation sites (tertiary alicyclic amines) is 1. The average molecular weight is 404 g/mol. The van der Waals surface area contributed by atoms with E-state index < -0.39 is 17.1 Å². The Morgan fingerprint density at radius 3 is 2.69 bits per heavy atom. The summed E-state index contributed by atoms with van der Waals surface area (Å²) >= 11 is 0. The van der Waals surface area contributed by atoms with Crippen molar-refractivity contribution in [2.75, 3.05) is 6.54 Å². The van der Waals surface area contributed by atoms with Gasteiger partial charge in [-0.25, -0.2) is 4.79 Å². The first-order valence-corrected chi connectivity index (χ1v) is 10.5. The molecule has 1 saturated carbocycles. The molecule has 0 unspecified atom stereocenters. The van der Waals surface area contributed by atoms with Crippen molar-refractivity contribution in [3.8, 4) is 0 Å². The molecule has 1 aliphatic heterocycles. The molecule has 1 saturated heterocycles. The molecule has 1 aliphatic carbocycles. The molecule has 4 atom stereocenters. The normalized spacial score (nSPS) is 29.7. The van der Waals surface area contributed by atoms with Gasteiger partial charge in [0.1, 0.15) is 11.3 Å². The predicted octanol–water partition coefficient (Wildman–Crippen LogP) is 3.13. The Morgan fingerprint density at radius 1 is 1.31 bits per heavy atom. The Labute approximate surface area is 172 Å². The zero-order valence-corrected chi connectivity index (χ0v) is 17.9. The van der Waals surface area contributed by atoms with Gasteiger partial charge in [0.15, 0.2) is 0 Å². The quantitative estimate of drug-likeness (QED) is 0.809. The number of carbonyl (C=O) groups excluding carboxylic acids is 2. The van der Waals surface area contributed by atoms with Crippen LogP contribution in [0.4, 0.5) is 4.79 Å². The maximum Gasteiger partial charge on any atom is 0.410 e.